The van der Waals surface area contributed by atoms with Crippen LogP contribution in [-0.4, -0.2) is 60.5 Å². The van der Waals surface area contributed by atoms with Crippen LogP contribution in [0, 0.1) is 0 Å². The summed E-state index contributed by atoms with van der Waals surface area (Å²) >= 11 is 0. The highest BCUT2D eigenvalue weighted by atomic mass is 16.5. The molecule has 0 spiro atoms. The van der Waals surface area contributed by atoms with Crippen molar-refractivity contribution in [2.45, 2.75) is 50.7 Å². The second-order valence-electron chi connectivity index (χ2n) is 7.64. The van der Waals surface area contributed by atoms with Crippen LogP contribution in [-0.2, 0) is 11.2 Å². The van der Waals surface area contributed by atoms with Crippen LogP contribution in [0.15, 0.2) is 54.7 Å². The monoisotopic (exact) mass is 429 g/mol. The highest BCUT2D eigenvalue weighted by Gasteiger charge is 2.17. The molecule has 0 bridgehead atoms. The van der Waals surface area contributed by atoms with E-state index in [9.17, 15) is 15.0 Å². The number of aliphatic hydroxyl groups is 2. The predicted octanol–water partition coefficient (Wildman–Crippen LogP) is 3.43. The SMILES string of the molecule is COc1ccc(CCC(O)/C=C/C=C/C=C/C(O)CCC(=O)N2CCCC2)cc1OC. The lowest BCUT2D eigenvalue weighted by Crippen LogP contribution is -2.28. The Morgan fingerprint density at radius 2 is 1.58 bits per heavy atom. The molecule has 1 aliphatic heterocycles. The first kappa shape index (κ1) is 24.7. The fourth-order valence-corrected chi connectivity index (χ4v) is 3.45. The smallest absolute Gasteiger partial charge is 0.222 e. The minimum Gasteiger partial charge on any atom is -0.493 e. The Hall–Kier alpha value is -2.57. The maximum absolute atomic E-state index is 12.0. The molecule has 31 heavy (non-hydrogen) atoms. The van der Waals surface area contributed by atoms with E-state index in [0.717, 1.165) is 37.9 Å². The van der Waals surface area contributed by atoms with Gasteiger partial charge in [-0.2, -0.15) is 0 Å². The Balaban J connectivity index is 1.65. The number of ether oxygens (including phenoxy) is 2. The maximum Gasteiger partial charge on any atom is 0.222 e. The van der Waals surface area contributed by atoms with Gasteiger partial charge in [-0.05, 0) is 49.8 Å². The first-order chi connectivity index (χ1) is 15.0. The molecule has 170 valence electrons. The van der Waals surface area contributed by atoms with Crippen molar-refractivity contribution in [3.8, 4) is 11.5 Å². The molecular formula is C25H35NO5. The Morgan fingerprint density at radius 3 is 2.19 bits per heavy atom. The summed E-state index contributed by atoms with van der Waals surface area (Å²) in [4.78, 5) is 13.8. The highest BCUT2D eigenvalue weighted by Crippen LogP contribution is 2.28. The van der Waals surface area contributed by atoms with Gasteiger partial charge in [0.25, 0.3) is 0 Å². The molecule has 1 aliphatic rings. The number of likely N-dealkylation sites (tertiary alicyclic amines) is 1. The molecule has 1 aromatic carbocycles. The van der Waals surface area contributed by atoms with Gasteiger partial charge in [-0.25, -0.2) is 0 Å². The second-order valence-corrected chi connectivity index (χ2v) is 7.64. The van der Waals surface area contributed by atoms with Crippen LogP contribution in [0.1, 0.15) is 37.7 Å². The summed E-state index contributed by atoms with van der Waals surface area (Å²) in [5.74, 6) is 1.50. The number of allylic oxidation sites excluding steroid dienone is 4. The van der Waals surface area contributed by atoms with E-state index in [1.807, 2.05) is 23.1 Å². The number of amides is 1. The van der Waals surface area contributed by atoms with Gasteiger partial charge in [0.2, 0.25) is 5.91 Å². The van der Waals surface area contributed by atoms with Gasteiger partial charge < -0.3 is 24.6 Å². The number of rotatable bonds is 12. The van der Waals surface area contributed by atoms with Gasteiger partial charge >= 0.3 is 0 Å². The molecule has 1 fully saturated rings. The van der Waals surface area contributed by atoms with Gasteiger partial charge in [0, 0.05) is 19.5 Å². The number of carbonyl (C=O) groups is 1. The number of aliphatic hydroxyl groups excluding tert-OH is 2. The van der Waals surface area contributed by atoms with E-state index in [0.29, 0.717) is 30.8 Å². The summed E-state index contributed by atoms with van der Waals surface area (Å²) in [6.45, 7) is 1.69. The summed E-state index contributed by atoms with van der Waals surface area (Å²) in [5, 5.41) is 20.1. The average molecular weight is 430 g/mol. The molecule has 6 heteroatoms. The molecule has 1 saturated heterocycles. The van der Waals surface area contributed by atoms with E-state index in [1.54, 1.807) is 50.7 Å². The van der Waals surface area contributed by atoms with Gasteiger partial charge in [0.1, 0.15) is 0 Å². The van der Waals surface area contributed by atoms with Crippen molar-refractivity contribution < 1.29 is 24.5 Å². The van der Waals surface area contributed by atoms with Gasteiger partial charge in [-0.15, -0.1) is 0 Å². The van der Waals surface area contributed by atoms with E-state index in [1.165, 1.54) is 0 Å². The third-order valence-electron chi connectivity index (χ3n) is 5.29. The molecule has 6 nitrogen and oxygen atoms in total. The Kier molecular flexibility index (Phi) is 10.9. The zero-order valence-electron chi connectivity index (χ0n) is 18.6. The Morgan fingerprint density at radius 1 is 0.968 bits per heavy atom. The number of methoxy groups -OCH3 is 2. The van der Waals surface area contributed by atoms with Crippen LogP contribution in [0.2, 0.25) is 0 Å². The van der Waals surface area contributed by atoms with Crippen LogP contribution in [0.25, 0.3) is 0 Å². The minimum absolute atomic E-state index is 0.130. The predicted molar refractivity (Wildman–Crippen MR) is 122 cm³/mol. The van der Waals surface area contributed by atoms with E-state index in [-0.39, 0.29) is 5.91 Å². The number of carbonyl (C=O) groups excluding carboxylic acids is 1. The van der Waals surface area contributed by atoms with Crippen molar-refractivity contribution in [2.24, 2.45) is 0 Å². The summed E-state index contributed by atoms with van der Waals surface area (Å²) < 4.78 is 10.5. The molecule has 0 aliphatic carbocycles. The molecule has 2 unspecified atom stereocenters. The molecule has 2 rings (SSSR count). The largest absolute Gasteiger partial charge is 0.493 e. The summed E-state index contributed by atoms with van der Waals surface area (Å²) in [5.41, 5.74) is 1.07. The average Bonchev–Trinajstić information content (AvgIpc) is 3.33. The lowest BCUT2D eigenvalue weighted by molar-refractivity contribution is -0.130. The van der Waals surface area contributed by atoms with Crippen LogP contribution in [0.3, 0.4) is 0 Å². The zero-order valence-corrected chi connectivity index (χ0v) is 18.6. The normalized spacial score (nSPS) is 16.5. The molecule has 0 radical (unpaired) electrons. The first-order valence-corrected chi connectivity index (χ1v) is 10.9. The van der Waals surface area contributed by atoms with Crippen molar-refractivity contribution in [1.29, 1.82) is 0 Å². The summed E-state index contributed by atoms with van der Waals surface area (Å²) in [6, 6.07) is 5.75. The minimum atomic E-state index is -0.632. The molecule has 0 aromatic heterocycles. The van der Waals surface area contributed by atoms with E-state index in [4.69, 9.17) is 9.47 Å². The molecule has 2 atom stereocenters. The van der Waals surface area contributed by atoms with Crippen molar-refractivity contribution >= 4 is 5.91 Å². The number of hydrogen-bond acceptors (Lipinski definition) is 5. The topological polar surface area (TPSA) is 79.2 Å². The number of hydrogen-bond donors (Lipinski definition) is 2. The Bertz CT molecular complexity index is 765. The van der Waals surface area contributed by atoms with Crippen LogP contribution in [0.4, 0.5) is 0 Å². The fourth-order valence-electron chi connectivity index (χ4n) is 3.45. The van der Waals surface area contributed by atoms with Crippen molar-refractivity contribution in [3.05, 3.63) is 60.2 Å². The molecule has 0 saturated carbocycles. The van der Waals surface area contributed by atoms with Crippen LogP contribution in [0.5, 0.6) is 11.5 Å². The Labute approximate surface area is 185 Å². The van der Waals surface area contributed by atoms with E-state index >= 15 is 0 Å². The molecule has 1 amide bonds. The number of nitrogens with zero attached hydrogens (tertiary/aromatic N) is 1. The lowest BCUT2D eigenvalue weighted by Gasteiger charge is -2.15. The first-order valence-electron chi connectivity index (χ1n) is 10.9. The third kappa shape index (κ3) is 8.99. The standard InChI is InChI=1S/C25H35NO5/c1-30-23-15-12-20(19-24(23)31-2)11-13-21(27)9-5-3-4-6-10-22(28)14-16-25(29)26-17-7-8-18-26/h3-6,9-10,12,15,19,21-22,27-28H,7-8,11,13-14,16-18H2,1-2H3/b4-3+,9-5+,10-6+. The van der Waals surface area contributed by atoms with Gasteiger partial charge in [-0.3, -0.25) is 4.79 Å². The number of benzene rings is 1. The molecular weight excluding hydrogens is 394 g/mol. The fraction of sp³-hybridized carbons (Fsp3) is 0.480. The number of aryl methyl sites for hydroxylation is 1. The van der Waals surface area contributed by atoms with E-state index in [2.05, 4.69) is 0 Å². The zero-order chi connectivity index (χ0) is 22.5. The van der Waals surface area contributed by atoms with Gasteiger partial charge in [0.15, 0.2) is 11.5 Å². The highest BCUT2D eigenvalue weighted by molar-refractivity contribution is 5.76. The quantitative estimate of drug-likeness (QED) is 0.498. The molecule has 2 N–H and O–H groups in total. The summed E-state index contributed by atoms with van der Waals surface area (Å²) in [6.07, 6.45) is 13.7. The maximum atomic E-state index is 12.0. The third-order valence-corrected chi connectivity index (χ3v) is 5.29. The van der Waals surface area contributed by atoms with Gasteiger partial charge in [-0.1, -0.05) is 42.5 Å². The van der Waals surface area contributed by atoms with Crippen LogP contribution >= 0.6 is 0 Å². The molecule has 1 heterocycles. The van der Waals surface area contributed by atoms with Crippen molar-refractivity contribution in [1.82, 2.24) is 4.90 Å². The lowest BCUT2D eigenvalue weighted by atomic mass is 10.1. The second kappa shape index (κ2) is 13.7. The van der Waals surface area contributed by atoms with Crippen molar-refractivity contribution in [2.75, 3.05) is 27.3 Å². The summed E-state index contributed by atoms with van der Waals surface area (Å²) in [7, 11) is 3.21. The molecule has 1 aromatic rings. The van der Waals surface area contributed by atoms with Crippen molar-refractivity contribution in [3.63, 3.8) is 0 Å². The van der Waals surface area contributed by atoms with Crippen LogP contribution < -0.4 is 9.47 Å². The van der Waals surface area contributed by atoms with Gasteiger partial charge in [0.05, 0.1) is 26.4 Å². The van der Waals surface area contributed by atoms with E-state index < -0.39 is 12.2 Å².